The van der Waals surface area contributed by atoms with Gasteiger partial charge in [0.1, 0.15) is 24.4 Å². The molecule has 0 aliphatic rings. The number of aliphatic hydroxyl groups excluding tert-OH is 5. The maximum Gasteiger partial charge on any atom is 0.303 e. The lowest BCUT2D eigenvalue weighted by Gasteiger charge is -2.23. The third kappa shape index (κ3) is 14.9. The number of rotatable bonds is 13. The van der Waals surface area contributed by atoms with Gasteiger partial charge in [-0.15, -0.1) is 0 Å². The minimum absolute atomic E-state index is 0.341. The fourth-order valence-electron chi connectivity index (χ4n) is 2.00. The van der Waals surface area contributed by atoms with E-state index in [1.54, 1.807) is 0 Å². The van der Waals surface area contributed by atoms with E-state index in [0.29, 0.717) is 6.42 Å². The summed E-state index contributed by atoms with van der Waals surface area (Å²) in [6.45, 7) is 2.47. The molecule has 6 N–H and O–H groups in total. The van der Waals surface area contributed by atoms with E-state index in [1.165, 1.54) is 32.1 Å². The monoisotopic (exact) mass is 366 g/mol. The fraction of sp³-hybridized carbons (Fsp3) is 0.882. The lowest BCUT2D eigenvalue weighted by atomic mass is 10.0. The third-order valence-electron chi connectivity index (χ3n) is 3.67. The molecular weight excluding hydrogens is 332 g/mol. The average Bonchev–Trinajstić information content (AvgIpc) is 2.58. The van der Waals surface area contributed by atoms with Crippen molar-refractivity contribution in [1.29, 1.82) is 0 Å². The van der Waals surface area contributed by atoms with E-state index in [-0.39, 0.29) is 0 Å². The molecule has 0 saturated carbocycles. The van der Waals surface area contributed by atoms with Crippen LogP contribution in [0.15, 0.2) is 0 Å². The number of carboxylic acids is 1. The van der Waals surface area contributed by atoms with E-state index in [1.807, 2.05) is 0 Å². The topological polar surface area (TPSA) is 156 Å². The first kappa shape index (κ1) is 26.2. The molecule has 0 aliphatic heterocycles. The van der Waals surface area contributed by atoms with Crippen LogP contribution in [0.5, 0.6) is 0 Å². The summed E-state index contributed by atoms with van der Waals surface area (Å²) >= 11 is 0. The number of Topliss-reactive ketones (excluding diaryl/α,β-unsaturated/α-hetero) is 1. The quantitative estimate of drug-likeness (QED) is 0.253. The number of aliphatic hydroxyl groups is 5. The molecule has 0 bridgehead atoms. The minimum Gasteiger partial charge on any atom is -0.481 e. The van der Waals surface area contributed by atoms with Gasteiger partial charge >= 0.3 is 5.97 Å². The largest absolute Gasteiger partial charge is 0.481 e. The molecule has 0 spiro atoms. The Labute approximate surface area is 149 Å². The molecule has 150 valence electrons. The Morgan fingerprint density at radius 1 is 0.840 bits per heavy atom. The molecule has 0 unspecified atom stereocenters. The van der Waals surface area contributed by atoms with Gasteiger partial charge in [0, 0.05) is 6.42 Å². The lowest BCUT2D eigenvalue weighted by molar-refractivity contribution is -0.145. The summed E-state index contributed by atoms with van der Waals surface area (Å²) in [5, 5.41) is 52.6. The first-order valence-corrected chi connectivity index (χ1v) is 8.74. The number of hydrogen-bond donors (Lipinski definition) is 6. The van der Waals surface area contributed by atoms with Gasteiger partial charge in [-0.3, -0.25) is 9.59 Å². The molecule has 25 heavy (non-hydrogen) atoms. The smallest absolute Gasteiger partial charge is 0.303 e. The van der Waals surface area contributed by atoms with Crippen molar-refractivity contribution in [3.05, 3.63) is 0 Å². The SMILES string of the molecule is CC(=O)[C@H](O)[C@@H](O)[C@H](O)[C@H](O)CO.CCCCCCCCCC(=O)O. The van der Waals surface area contributed by atoms with E-state index < -0.39 is 42.8 Å². The highest BCUT2D eigenvalue weighted by atomic mass is 16.4. The van der Waals surface area contributed by atoms with Gasteiger partial charge in [0.2, 0.25) is 0 Å². The molecule has 0 saturated heterocycles. The van der Waals surface area contributed by atoms with Gasteiger partial charge in [-0.05, 0) is 13.3 Å². The van der Waals surface area contributed by atoms with E-state index in [4.69, 9.17) is 30.6 Å². The van der Waals surface area contributed by atoms with Crippen LogP contribution in [-0.4, -0.2) is 73.4 Å². The summed E-state index contributed by atoms with van der Waals surface area (Å²) in [4.78, 5) is 20.7. The van der Waals surface area contributed by atoms with Gasteiger partial charge in [0.05, 0.1) is 6.61 Å². The van der Waals surface area contributed by atoms with Crippen molar-refractivity contribution in [3.8, 4) is 0 Å². The number of carbonyl (C=O) groups excluding carboxylic acids is 1. The fourth-order valence-corrected chi connectivity index (χ4v) is 2.00. The summed E-state index contributed by atoms with van der Waals surface area (Å²) in [6.07, 6.45) is 1.77. The Bertz CT molecular complexity index is 348. The summed E-state index contributed by atoms with van der Waals surface area (Å²) in [6, 6.07) is 0. The molecule has 0 fully saturated rings. The van der Waals surface area contributed by atoms with Crippen molar-refractivity contribution in [2.45, 2.75) is 89.6 Å². The van der Waals surface area contributed by atoms with Crippen LogP contribution in [0.2, 0.25) is 0 Å². The van der Waals surface area contributed by atoms with Crippen molar-refractivity contribution in [2.75, 3.05) is 6.61 Å². The van der Waals surface area contributed by atoms with Gasteiger partial charge < -0.3 is 30.6 Å². The molecule has 0 aromatic rings. The number of carbonyl (C=O) groups is 2. The molecule has 0 heterocycles. The average molecular weight is 366 g/mol. The first-order chi connectivity index (χ1) is 11.7. The van der Waals surface area contributed by atoms with Gasteiger partial charge in [-0.1, -0.05) is 45.4 Å². The number of hydrogen-bond acceptors (Lipinski definition) is 7. The van der Waals surface area contributed by atoms with Crippen LogP contribution in [0.25, 0.3) is 0 Å². The van der Waals surface area contributed by atoms with E-state index >= 15 is 0 Å². The summed E-state index contributed by atoms with van der Waals surface area (Å²) in [7, 11) is 0. The van der Waals surface area contributed by atoms with Gasteiger partial charge in [-0.2, -0.15) is 0 Å². The van der Waals surface area contributed by atoms with E-state index in [9.17, 15) is 9.59 Å². The number of unbranched alkanes of at least 4 members (excludes halogenated alkanes) is 6. The maximum absolute atomic E-state index is 10.5. The zero-order valence-electron chi connectivity index (χ0n) is 15.2. The van der Waals surface area contributed by atoms with Gasteiger partial charge in [0.25, 0.3) is 0 Å². The molecular formula is C17H34O8. The number of carboxylic acid groups (broad SMARTS) is 1. The molecule has 0 rings (SSSR count). The van der Waals surface area contributed by atoms with E-state index in [2.05, 4.69) is 6.92 Å². The normalized spacial score (nSPS) is 15.5. The van der Waals surface area contributed by atoms with Crippen molar-refractivity contribution in [3.63, 3.8) is 0 Å². The zero-order valence-corrected chi connectivity index (χ0v) is 15.2. The molecule has 8 nitrogen and oxygen atoms in total. The first-order valence-electron chi connectivity index (χ1n) is 8.74. The number of ketones is 1. The highest BCUT2D eigenvalue weighted by Gasteiger charge is 2.32. The van der Waals surface area contributed by atoms with Crippen molar-refractivity contribution < 1.29 is 40.2 Å². The molecule has 0 aromatic heterocycles. The predicted octanol–water partition coefficient (Wildman–Crippen LogP) is 0.223. The van der Waals surface area contributed by atoms with Crippen molar-refractivity contribution >= 4 is 11.8 Å². The van der Waals surface area contributed by atoms with Crippen LogP contribution in [0.3, 0.4) is 0 Å². The van der Waals surface area contributed by atoms with Gasteiger partial charge in [-0.25, -0.2) is 0 Å². The Balaban J connectivity index is 0. The van der Waals surface area contributed by atoms with Crippen LogP contribution in [0.1, 0.15) is 65.2 Å². The molecule has 8 heteroatoms. The minimum atomic E-state index is -1.79. The molecule has 0 radical (unpaired) electrons. The molecule has 0 amide bonds. The Kier molecular flexibility index (Phi) is 17.2. The molecule has 4 atom stereocenters. The predicted molar refractivity (Wildman–Crippen MR) is 92.0 cm³/mol. The van der Waals surface area contributed by atoms with E-state index in [0.717, 1.165) is 19.8 Å². The second-order valence-corrected chi connectivity index (χ2v) is 6.05. The summed E-state index contributed by atoms with van der Waals surface area (Å²) in [5.74, 6) is -1.39. The Morgan fingerprint density at radius 3 is 1.72 bits per heavy atom. The van der Waals surface area contributed by atoms with Crippen LogP contribution < -0.4 is 0 Å². The second-order valence-electron chi connectivity index (χ2n) is 6.05. The van der Waals surface area contributed by atoms with Crippen LogP contribution in [0.4, 0.5) is 0 Å². The summed E-state index contributed by atoms with van der Waals surface area (Å²) in [5.41, 5.74) is 0. The second kappa shape index (κ2) is 16.4. The maximum atomic E-state index is 10.5. The highest BCUT2D eigenvalue weighted by molar-refractivity contribution is 5.80. The Morgan fingerprint density at radius 2 is 1.32 bits per heavy atom. The molecule has 0 aromatic carbocycles. The van der Waals surface area contributed by atoms with Crippen LogP contribution in [0, 0.1) is 0 Å². The van der Waals surface area contributed by atoms with Gasteiger partial charge in [0.15, 0.2) is 5.78 Å². The zero-order chi connectivity index (χ0) is 19.8. The van der Waals surface area contributed by atoms with Crippen LogP contribution >= 0.6 is 0 Å². The number of aliphatic carboxylic acids is 1. The third-order valence-corrected chi connectivity index (χ3v) is 3.67. The molecule has 0 aliphatic carbocycles. The summed E-state index contributed by atoms with van der Waals surface area (Å²) < 4.78 is 0. The lowest BCUT2D eigenvalue weighted by Crippen LogP contribution is -2.48. The van der Waals surface area contributed by atoms with Crippen LogP contribution in [-0.2, 0) is 9.59 Å². The van der Waals surface area contributed by atoms with Crippen molar-refractivity contribution in [2.24, 2.45) is 0 Å². The standard InChI is InChI=1S/C10H20O2.C7H14O6/c1-2-3-4-5-6-7-8-9-10(11)12;1-3(9)5(11)7(13)6(12)4(10)2-8/h2-9H2,1H3,(H,11,12);4-8,10-13H,2H2,1H3/t;4-,5+,6-,7-/m.1/s1. The van der Waals surface area contributed by atoms with Crippen molar-refractivity contribution in [1.82, 2.24) is 0 Å². The Hall–Kier alpha value is -1.06. The highest BCUT2D eigenvalue weighted by Crippen LogP contribution is 2.08.